The van der Waals surface area contributed by atoms with E-state index in [9.17, 15) is 4.79 Å². The highest BCUT2D eigenvalue weighted by atomic mass is 127. The first-order valence-electron chi connectivity index (χ1n) is 8.93. The first-order chi connectivity index (χ1) is 12.0. The maximum Gasteiger partial charge on any atom is 0.255 e. The first kappa shape index (κ1) is 22.5. The van der Waals surface area contributed by atoms with Gasteiger partial charge < -0.3 is 21.1 Å². The van der Waals surface area contributed by atoms with Crippen LogP contribution in [0.5, 0.6) is 5.75 Å². The number of benzene rings is 1. The van der Waals surface area contributed by atoms with Crippen LogP contribution >= 0.6 is 24.0 Å². The predicted octanol–water partition coefficient (Wildman–Crippen LogP) is 2.66. The number of aliphatic imine (C=N–C) groups is 1. The SMILES string of the molecule is CN=C(NCc1cccc(OCC(N)=O)c1)NC1CC(C)CC(C)C1.I. The zero-order valence-electron chi connectivity index (χ0n) is 15.8. The van der Waals surface area contributed by atoms with Gasteiger partial charge in [0.2, 0.25) is 0 Å². The molecule has 1 amide bonds. The molecule has 0 saturated heterocycles. The number of nitrogens with one attached hydrogen (secondary N) is 2. The van der Waals surface area contributed by atoms with Crippen LogP contribution in [-0.2, 0) is 11.3 Å². The zero-order valence-corrected chi connectivity index (χ0v) is 18.2. The van der Waals surface area contributed by atoms with Crippen LogP contribution < -0.4 is 21.1 Å². The Hall–Kier alpha value is -1.51. The van der Waals surface area contributed by atoms with E-state index in [1.165, 1.54) is 19.3 Å². The Balaban J connectivity index is 0.00000338. The predicted molar refractivity (Wildman–Crippen MR) is 116 cm³/mol. The Bertz CT molecular complexity index is 599. The van der Waals surface area contributed by atoms with Gasteiger partial charge in [-0.3, -0.25) is 9.79 Å². The van der Waals surface area contributed by atoms with Gasteiger partial charge in [0.25, 0.3) is 5.91 Å². The van der Waals surface area contributed by atoms with Crippen LogP contribution in [0.2, 0.25) is 0 Å². The monoisotopic (exact) mass is 474 g/mol. The van der Waals surface area contributed by atoms with E-state index in [0.29, 0.717) is 18.3 Å². The number of carbonyl (C=O) groups is 1. The molecule has 1 saturated carbocycles. The lowest BCUT2D eigenvalue weighted by Gasteiger charge is -2.32. The molecule has 0 aliphatic heterocycles. The third-order valence-corrected chi connectivity index (χ3v) is 4.48. The lowest BCUT2D eigenvalue weighted by Crippen LogP contribution is -2.45. The summed E-state index contributed by atoms with van der Waals surface area (Å²) < 4.78 is 5.34. The second-order valence-corrected chi connectivity index (χ2v) is 7.09. The van der Waals surface area contributed by atoms with Crippen LogP contribution in [-0.4, -0.2) is 31.6 Å². The van der Waals surface area contributed by atoms with Gasteiger partial charge in [0.05, 0.1) is 0 Å². The van der Waals surface area contributed by atoms with Crippen molar-refractivity contribution in [1.29, 1.82) is 0 Å². The fraction of sp³-hybridized carbons (Fsp3) is 0.579. The molecule has 0 spiro atoms. The number of rotatable bonds is 6. The third-order valence-electron chi connectivity index (χ3n) is 4.48. The molecule has 1 fully saturated rings. The molecule has 0 aromatic heterocycles. The van der Waals surface area contributed by atoms with Gasteiger partial charge in [0, 0.05) is 19.6 Å². The zero-order chi connectivity index (χ0) is 18.2. The van der Waals surface area contributed by atoms with Crippen LogP contribution in [0.1, 0.15) is 38.7 Å². The molecule has 146 valence electrons. The maximum absolute atomic E-state index is 10.8. The lowest BCUT2D eigenvalue weighted by atomic mass is 9.80. The van der Waals surface area contributed by atoms with Crippen molar-refractivity contribution < 1.29 is 9.53 Å². The number of guanidine groups is 1. The van der Waals surface area contributed by atoms with E-state index in [2.05, 4.69) is 29.5 Å². The Morgan fingerprint density at radius 3 is 2.58 bits per heavy atom. The number of halogens is 1. The molecule has 2 unspecified atom stereocenters. The molecule has 1 aliphatic carbocycles. The van der Waals surface area contributed by atoms with E-state index in [4.69, 9.17) is 10.5 Å². The minimum atomic E-state index is -0.482. The highest BCUT2D eigenvalue weighted by Gasteiger charge is 2.24. The Labute approximate surface area is 173 Å². The van der Waals surface area contributed by atoms with Gasteiger partial charge in [-0.15, -0.1) is 24.0 Å². The summed E-state index contributed by atoms with van der Waals surface area (Å²) in [6, 6.07) is 8.07. The number of nitrogens with two attached hydrogens (primary N) is 1. The number of hydrogen-bond acceptors (Lipinski definition) is 3. The molecule has 7 heteroatoms. The number of amides is 1. The van der Waals surface area contributed by atoms with Crippen molar-refractivity contribution in [2.24, 2.45) is 22.6 Å². The molecule has 2 atom stereocenters. The fourth-order valence-electron chi connectivity index (χ4n) is 3.54. The lowest BCUT2D eigenvalue weighted by molar-refractivity contribution is -0.119. The average Bonchev–Trinajstić information content (AvgIpc) is 2.56. The highest BCUT2D eigenvalue weighted by Crippen LogP contribution is 2.28. The normalized spacial score (nSPS) is 22.9. The summed E-state index contributed by atoms with van der Waals surface area (Å²) in [5.41, 5.74) is 6.15. The van der Waals surface area contributed by atoms with Gasteiger partial charge >= 0.3 is 0 Å². The Morgan fingerprint density at radius 2 is 1.96 bits per heavy atom. The van der Waals surface area contributed by atoms with E-state index in [1.807, 2.05) is 24.3 Å². The van der Waals surface area contributed by atoms with Crippen molar-refractivity contribution in [2.75, 3.05) is 13.7 Å². The van der Waals surface area contributed by atoms with E-state index in [-0.39, 0.29) is 30.6 Å². The smallest absolute Gasteiger partial charge is 0.255 e. The van der Waals surface area contributed by atoms with Crippen molar-refractivity contribution in [2.45, 2.75) is 45.7 Å². The summed E-state index contributed by atoms with van der Waals surface area (Å²) >= 11 is 0. The fourth-order valence-corrected chi connectivity index (χ4v) is 3.54. The quantitative estimate of drug-likeness (QED) is 0.336. The van der Waals surface area contributed by atoms with Crippen LogP contribution in [0.15, 0.2) is 29.3 Å². The third kappa shape index (κ3) is 7.80. The number of ether oxygens (including phenoxy) is 1. The molecule has 1 aromatic rings. The van der Waals surface area contributed by atoms with Gasteiger partial charge in [0.1, 0.15) is 5.75 Å². The summed E-state index contributed by atoms with van der Waals surface area (Å²) in [5, 5.41) is 6.88. The van der Waals surface area contributed by atoms with Crippen molar-refractivity contribution in [3.8, 4) is 5.75 Å². The average molecular weight is 474 g/mol. The molecular weight excluding hydrogens is 443 g/mol. The highest BCUT2D eigenvalue weighted by molar-refractivity contribution is 14.0. The molecule has 1 aromatic carbocycles. The van der Waals surface area contributed by atoms with E-state index >= 15 is 0 Å². The summed E-state index contributed by atoms with van der Waals surface area (Å²) in [6.45, 7) is 5.15. The summed E-state index contributed by atoms with van der Waals surface area (Å²) in [4.78, 5) is 15.1. The van der Waals surface area contributed by atoms with Crippen molar-refractivity contribution in [3.63, 3.8) is 0 Å². The minimum absolute atomic E-state index is 0. The van der Waals surface area contributed by atoms with Crippen LogP contribution in [0.25, 0.3) is 0 Å². The topological polar surface area (TPSA) is 88.7 Å². The van der Waals surface area contributed by atoms with Crippen LogP contribution in [0.4, 0.5) is 0 Å². The molecular formula is C19H31IN4O2. The van der Waals surface area contributed by atoms with Gasteiger partial charge in [-0.2, -0.15) is 0 Å². The summed E-state index contributed by atoms with van der Waals surface area (Å²) in [6.07, 6.45) is 3.67. The summed E-state index contributed by atoms with van der Waals surface area (Å²) in [7, 11) is 1.79. The first-order valence-corrected chi connectivity index (χ1v) is 8.93. The van der Waals surface area contributed by atoms with Gasteiger partial charge in [-0.05, 0) is 48.8 Å². The largest absolute Gasteiger partial charge is 0.484 e. The molecule has 0 bridgehead atoms. The molecule has 2 rings (SSSR count). The van der Waals surface area contributed by atoms with Gasteiger partial charge in [-0.25, -0.2) is 0 Å². The number of carbonyl (C=O) groups excluding carboxylic acids is 1. The van der Waals surface area contributed by atoms with Crippen molar-refractivity contribution >= 4 is 35.8 Å². The van der Waals surface area contributed by atoms with E-state index in [1.54, 1.807) is 7.05 Å². The second-order valence-electron chi connectivity index (χ2n) is 7.09. The van der Waals surface area contributed by atoms with Gasteiger partial charge in [0.15, 0.2) is 12.6 Å². The van der Waals surface area contributed by atoms with E-state index < -0.39 is 5.91 Å². The molecule has 1 aliphatic rings. The number of hydrogen-bond donors (Lipinski definition) is 3. The minimum Gasteiger partial charge on any atom is -0.484 e. The van der Waals surface area contributed by atoms with Crippen LogP contribution in [0, 0.1) is 11.8 Å². The Kier molecular flexibility index (Phi) is 9.75. The molecule has 0 radical (unpaired) electrons. The molecule has 26 heavy (non-hydrogen) atoms. The molecule has 4 N–H and O–H groups in total. The number of primary amides is 1. The van der Waals surface area contributed by atoms with Crippen molar-refractivity contribution in [1.82, 2.24) is 10.6 Å². The second kappa shape index (κ2) is 11.3. The maximum atomic E-state index is 10.8. The van der Waals surface area contributed by atoms with Crippen LogP contribution in [0.3, 0.4) is 0 Å². The standard InChI is InChI=1S/C19H30N4O2.HI/c1-13-7-14(2)9-16(8-13)23-19(21-3)22-11-15-5-4-6-17(10-15)25-12-18(20)24;/h4-6,10,13-14,16H,7-9,11-12H2,1-3H3,(H2,20,24)(H2,21,22,23);1H. The summed E-state index contributed by atoms with van der Waals surface area (Å²) in [5.74, 6) is 2.46. The van der Waals surface area contributed by atoms with E-state index in [0.717, 1.165) is 23.4 Å². The van der Waals surface area contributed by atoms with Gasteiger partial charge in [-0.1, -0.05) is 26.0 Å². The Morgan fingerprint density at radius 1 is 1.27 bits per heavy atom. The molecule has 0 heterocycles. The van der Waals surface area contributed by atoms with Crippen molar-refractivity contribution in [3.05, 3.63) is 29.8 Å². The number of nitrogens with zero attached hydrogens (tertiary/aromatic N) is 1. The molecule has 6 nitrogen and oxygen atoms in total.